The average Bonchev–Trinajstić information content (AvgIpc) is 3.37. The summed E-state index contributed by atoms with van der Waals surface area (Å²) >= 11 is 0. The number of hydrogen-bond donors (Lipinski definition) is 1. The van der Waals surface area contributed by atoms with Gasteiger partial charge in [-0.1, -0.05) is 11.2 Å². The van der Waals surface area contributed by atoms with Crippen LogP contribution < -0.4 is 19.5 Å². The van der Waals surface area contributed by atoms with Crippen molar-refractivity contribution in [2.24, 2.45) is 0 Å². The molecule has 1 unspecified atom stereocenters. The Morgan fingerprint density at radius 2 is 1.75 bits per heavy atom. The third-order valence-corrected chi connectivity index (χ3v) is 5.92. The highest BCUT2D eigenvalue weighted by molar-refractivity contribution is 5.87. The lowest BCUT2D eigenvalue weighted by Crippen LogP contribution is -2.47. The number of nitrogens with one attached hydrogen (secondary N) is 1. The number of nitrogens with zero attached hydrogens (tertiary/aromatic N) is 3. The smallest absolute Gasteiger partial charge is 0.322 e. The molecule has 1 N–H and O–H groups in total. The molecule has 1 atom stereocenters. The number of methoxy groups -OCH3 is 4. The molecule has 1 aliphatic rings. The van der Waals surface area contributed by atoms with Gasteiger partial charge in [0.05, 0.1) is 46.1 Å². The van der Waals surface area contributed by atoms with Crippen LogP contribution in [0.5, 0.6) is 17.2 Å². The molecule has 11 heteroatoms. The second kappa shape index (κ2) is 10.6. The van der Waals surface area contributed by atoms with Crippen molar-refractivity contribution in [3.05, 3.63) is 59.4 Å². The van der Waals surface area contributed by atoms with Crippen molar-refractivity contribution >= 4 is 11.6 Å². The molecule has 0 bridgehead atoms. The van der Waals surface area contributed by atoms with E-state index in [1.54, 1.807) is 44.2 Å². The first kappa shape index (κ1) is 25.0. The van der Waals surface area contributed by atoms with Gasteiger partial charge in [0.25, 0.3) is 5.89 Å². The number of hydrogen-bond acceptors (Lipinski definition) is 8. The fourth-order valence-electron chi connectivity index (χ4n) is 4.05. The van der Waals surface area contributed by atoms with Crippen LogP contribution in [0.1, 0.15) is 24.4 Å². The minimum atomic E-state index is -0.628. The maximum Gasteiger partial charge on any atom is 0.322 e. The highest BCUT2D eigenvalue weighted by Gasteiger charge is 2.36. The van der Waals surface area contributed by atoms with Gasteiger partial charge >= 0.3 is 6.03 Å². The van der Waals surface area contributed by atoms with E-state index in [2.05, 4.69) is 15.5 Å². The molecular formula is C25H27FN4O6. The van der Waals surface area contributed by atoms with Gasteiger partial charge in [-0.2, -0.15) is 4.98 Å². The number of aromatic nitrogens is 2. The van der Waals surface area contributed by atoms with Gasteiger partial charge in [-0.25, -0.2) is 9.18 Å². The van der Waals surface area contributed by atoms with Crippen molar-refractivity contribution < 1.29 is 32.7 Å². The lowest BCUT2D eigenvalue weighted by molar-refractivity contribution is 0.158. The molecule has 0 saturated heterocycles. The van der Waals surface area contributed by atoms with Crippen molar-refractivity contribution in [1.29, 1.82) is 0 Å². The van der Waals surface area contributed by atoms with Crippen LogP contribution in [0.25, 0.3) is 17.0 Å². The Labute approximate surface area is 207 Å². The maximum absolute atomic E-state index is 14.3. The lowest BCUT2D eigenvalue weighted by Gasteiger charge is -2.35. The molecule has 3 aromatic rings. The van der Waals surface area contributed by atoms with Gasteiger partial charge in [0.15, 0.2) is 23.1 Å². The number of allylic oxidation sites excluding steroid dienone is 1. The summed E-state index contributed by atoms with van der Waals surface area (Å²) in [5.41, 5.74) is 2.34. The first-order chi connectivity index (χ1) is 17.4. The third kappa shape index (κ3) is 4.69. The number of benzene rings is 2. The van der Waals surface area contributed by atoms with E-state index in [1.165, 1.54) is 26.4 Å². The summed E-state index contributed by atoms with van der Waals surface area (Å²) in [6, 6.07) is 8.82. The Balaban J connectivity index is 1.80. The topological polar surface area (TPSA) is 108 Å². The standard InChI is InChI=1S/C25H27FN4O6/c1-14-21(24-28-23(29-36-24)16-7-8-18(33-3)17(26)12-16)22(27-25(31)30(14)10-11-32-2)15-6-9-19(34-4)20(13-15)35-5/h6-9,12-13,22H,10-11H2,1-5H3,(H,27,31). The van der Waals surface area contributed by atoms with Crippen LogP contribution >= 0.6 is 0 Å². The normalized spacial score (nSPS) is 15.7. The summed E-state index contributed by atoms with van der Waals surface area (Å²) in [7, 11) is 6.03. The zero-order valence-electron chi connectivity index (χ0n) is 20.6. The monoisotopic (exact) mass is 498 g/mol. The van der Waals surface area contributed by atoms with Crippen molar-refractivity contribution in [2.45, 2.75) is 13.0 Å². The summed E-state index contributed by atoms with van der Waals surface area (Å²) in [4.78, 5) is 19.1. The highest BCUT2D eigenvalue weighted by atomic mass is 19.1. The zero-order valence-corrected chi connectivity index (χ0v) is 20.6. The van der Waals surface area contributed by atoms with E-state index < -0.39 is 11.9 Å². The van der Waals surface area contributed by atoms with Crippen LogP contribution in [0, 0.1) is 5.82 Å². The molecule has 190 valence electrons. The van der Waals surface area contributed by atoms with Crippen molar-refractivity contribution in [1.82, 2.24) is 20.4 Å². The van der Waals surface area contributed by atoms with Gasteiger partial charge in [0.1, 0.15) is 0 Å². The summed E-state index contributed by atoms with van der Waals surface area (Å²) < 4.78 is 40.9. The summed E-state index contributed by atoms with van der Waals surface area (Å²) in [6.45, 7) is 2.45. The Bertz CT molecular complexity index is 1290. The van der Waals surface area contributed by atoms with E-state index in [0.29, 0.717) is 41.5 Å². The van der Waals surface area contributed by atoms with E-state index in [0.717, 1.165) is 5.56 Å². The number of carbonyl (C=O) groups is 1. The van der Waals surface area contributed by atoms with Crippen LogP contribution in [0.2, 0.25) is 0 Å². The predicted molar refractivity (Wildman–Crippen MR) is 128 cm³/mol. The number of rotatable bonds is 9. The van der Waals surface area contributed by atoms with E-state index in [9.17, 15) is 9.18 Å². The second-order valence-electron chi connectivity index (χ2n) is 7.91. The fraction of sp³-hybridized carbons (Fsp3) is 0.320. The molecule has 4 rings (SSSR count). The van der Waals surface area contributed by atoms with Crippen molar-refractivity contribution in [2.75, 3.05) is 41.6 Å². The van der Waals surface area contributed by atoms with Gasteiger partial charge in [-0.15, -0.1) is 0 Å². The van der Waals surface area contributed by atoms with E-state index in [1.807, 2.05) is 6.07 Å². The molecule has 2 amide bonds. The van der Waals surface area contributed by atoms with Crippen LogP contribution in [0.15, 0.2) is 46.6 Å². The fourth-order valence-corrected chi connectivity index (χ4v) is 4.05. The minimum Gasteiger partial charge on any atom is -0.494 e. The van der Waals surface area contributed by atoms with E-state index in [-0.39, 0.29) is 23.5 Å². The summed E-state index contributed by atoms with van der Waals surface area (Å²) in [5, 5.41) is 7.07. The van der Waals surface area contributed by atoms with E-state index in [4.69, 9.17) is 23.5 Å². The SMILES string of the molecule is COCCN1C(=O)NC(c2ccc(OC)c(OC)c2)C(c2nc(-c3ccc(OC)c(F)c3)no2)=C1C. The second-order valence-corrected chi connectivity index (χ2v) is 7.91. The molecule has 1 aliphatic heterocycles. The molecule has 0 saturated carbocycles. The largest absolute Gasteiger partial charge is 0.494 e. The van der Waals surface area contributed by atoms with Gasteiger partial charge in [-0.05, 0) is 42.8 Å². The first-order valence-electron chi connectivity index (χ1n) is 11.1. The number of ether oxygens (including phenoxy) is 4. The zero-order chi connectivity index (χ0) is 25.8. The Hall–Kier alpha value is -4.12. The van der Waals surface area contributed by atoms with Gasteiger partial charge in [0, 0.05) is 18.4 Å². The molecule has 0 aliphatic carbocycles. The van der Waals surface area contributed by atoms with Crippen molar-refractivity contribution in [3.8, 4) is 28.6 Å². The summed E-state index contributed by atoms with van der Waals surface area (Å²) in [6.07, 6.45) is 0. The van der Waals surface area contributed by atoms with Gasteiger partial charge in [0.2, 0.25) is 5.82 Å². The molecule has 0 radical (unpaired) electrons. The molecule has 2 aromatic carbocycles. The van der Waals surface area contributed by atoms with E-state index >= 15 is 0 Å². The van der Waals surface area contributed by atoms with Crippen LogP contribution in [-0.4, -0.2) is 62.7 Å². The number of halogens is 1. The molecule has 36 heavy (non-hydrogen) atoms. The van der Waals surface area contributed by atoms with Crippen molar-refractivity contribution in [3.63, 3.8) is 0 Å². The van der Waals surface area contributed by atoms with Gasteiger partial charge in [-0.3, -0.25) is 4.90 Å². The average molecular weight is 499 g/mol. The van der Waals surface area contributed by atoms with Crippen LogP contribution in [-0.2, 0) is 4.74 Å². The molecule has 2 heterocycles. The number of urea groups is 1. The molecule has 10 nitrogen and oxygen atoms in total. The minimum absolute atomic E-state index is 0.110. The van der Waals surface area contributed by atoms with Gasteiger partial charge < -0.3 is 28.8 Å². The third-order valence-electron chi connectivity index (χ3n) is 5.92. The van der Waals surface area contributed by atoms with Crippen LogP contribution in [0.4, 0.5) is 9.18 Å². The number of carbonyl (C=O) groups excluding carboxylic acids is 1. The molecule has 0 spiro atoms. The quantitative estimate of drug-likeness (QED) is 0.471. The molecule has 1 aromatic heterocycles. The highest BCUT2D eigenvalue weighted by Crippen LogP contribution is 2.40. The Morgan fingerprint density at radius 1 is 1.03 bits per heavy atom. The Kier molecular flexibility index (Phi) is 7.39. The van der Waals surface area contributed by atoms with Crippen LogP contribution in [0.3, 0.4) is 0 Å². The lowest BCUT2D eigenvalue weighted by atomic mass is 9.94. The Morgan fingerprint density at radius 3 is 2.42 bits per heavy atom. The number of amides is 2. The molecular weight excluding hydrogens is 471 g/mol. The maximum atomic E-state index is 14.3. The molecule has 0 fully saturated rings. The predicted octanol–water partition coefficient (Wildman–Crippen LogP) is 4.05. The summed E-state index contributed by atoms with van der Waals surface area (Å²) in [5.74, 6) is 0.991. The first-order valence-corrected chi connectivity index (χ1v) is 11.1.